The van der Waals surface area contributed by atoms with Crippen LogP contribution in [0.15, 0.2) is 24.3 Å². The number of aromatic nitrogens is 2. The first kappa shape index (κ1) is 14.1. The fourth-order valence-electron chi connectivity index (χ4n) is 3.17. The summed E-state index contributed by atoms with van der Waals surface area (Å²) in [6.45, 7) is 7.16. The quantitative estimate of drug-likeness (QED) is 0.924. The third kappa shape index (κ3) is 2.65. The topological polar surface area (TPSA) is 37.8 Å². The average molecular weight is 281 g/mol. The summed E-state index contributed by atoms with van der Waals surface area (Å²) < 4.78 is 0. The van der Waals surface area contributed by atoms with E-state index in [9.17, 15) is 0 Å². The zero-order valence-corrected chi connectivity index (χ0v) is 13.1. The zero-order chi connectivity index (χ0) is 14.8. The van der Waals surface area contributed by atoms with Gasteiger partial charge in [-0.25, -0.2) is 9.97 Å². The Kier molecular flexibility index (Phi) is 3.91. The Morgan fingerprint density at radius 3 is 2.81 bits per heavy atom. The number of hydrogen-bond acceptors (Lipinski definition) is 3. The lowest BCUT2D eigenvalue weighted by Crippen LogP contribution is -2.16. The number of nitrogens with one attached hydrogen (secondary N) is 1. The van der Waals surface area contributed by atoms with E-state index in [0.29, 0.717) is 5.92 Å². The fourth-order valence-corrected chi connectivity index (χ4v) is 3.17. The molecule has 21 heavy (non-hydrogen) atoms. The van der Waals surface area contributed by atoms with Crippen LogP contribution in [0.5, 0.6) is 0 Å². The normalized spacial score (nSPS) is 17.4. The van der Waals surface area contributed by atoms with Gasteiger partial charge in [-0.05, 0) is 51.2 Å². The molecule has 0 radical (unpaired) electrons. The highest BCUT2D eigenvalue weighted by molar-refractivity contribution is 5.47. The Labute approximate surface area is 126 Å². The molecule has 3 heteroatoms. The Morgan fingerprint density at radius 2 is 2.00 bits per heavy atom. The van der Waals surface area contributed by atoms with Gasteiger partial charge in [0.05, 0.1) is 0 Å². The second kappa shape index (κ2) is 5.84. The summed E-state index contributed by atoms with van der Waals surface area (Å²) in [5, 5.41) is 3.37. The summed E-state index contributed by atoms with van der Waals surface area (Å²) in [6, 6.07) is 8.74. The van der Waals surface area contributed by atoms with E-state index in [4.69, 9.17) is 9.97 Å². The maximum Gasteiger partial charge on any atom is 0.138 e. The molecule has 2 aromatic rings. The second-order valence-electron chi connectivity index (χ2n) is 5.81. The first-order chi connectivity index (χ1) is 10.2. The van der Waals surface area contributed by atoms with Gasteiger partial charge in [-0.3, -0.25) is 0 Å². The van der Waals surface area contributed by atoms with Gasteiger partial charge >= 0.3 is 0 Å². The number of fused-ring (bicyclic) bond motifs is 1. The molecule has 3 nitrogen and oxygen atoms in total. The summed E-state index contributed by atoms with van der Waals surface area (Å²) in [5.41, 5.74) is 5.11. The molecular formula is C18H23N3. The first-order valence-electron chi connectivity index (χ1n) is 7.87. The van der Waals surface area contributed by atoms with Crippen LogP contribution in [0.3, 0.4) is 0 Å². The number of hydrogen-bond donors (Lipinski definition) is 1. The van der Waals surface area contributed by atoms with Crippen LogP contribution in [0.2, 0.25) is 0 Å². The second-order valence-corrected chi connectivity index (χ2v) is 5.81. The van der Waals surface area contributed by atoms with E-state index in [2.05, 4.69) is 50.4 Å². The van der Waals surface area contributed by atoms with Gasteiger partial charge in [0.1, 0.15) is 11.6 Å². The molecule has 1 aromatic carbocycles. The van der Waals surface area contributed by atoms with E-state index in [1.54, 1.807) is 0 Å². The summed E-state index contributed by atoms with van der Waals surface area (Å²) in [6.07, 6.45) is 3.54. The van der Waals surface area contributed by atoms with Gasteiger partial charge in [0, 0.05) is 23.7 Å². The minimum absolute atomic E-state index is 0.339. The highest BCUT2D eigenvalue weighted by atomic mass is 15.0. The molecule has 1 heterocycles. The first-order valence-corrected chi connectivity index (χ1v) is 7.87. The van der Waals surface area contributed by atoms with Crippen LogP contribution in [-0.4, -0.2) is 16.5 Å². The highest BCUT2D eigenvalue weighted by Gasteiger charge is 2.24. The van der Waals surface area contributed by atoms with Crippen LogP contribution in [-0.2, 0) is 6.42 Å². The third-order valence-corrected chi connectivity index (χ3v) is 4.43. The summed E-state index contributed by atoms with van der Waals surface area (Å²) in [7, 11) is 0. The summed E-state index contributed by atoms with van der Waals surface area (Å²) >= 11 is 0. The minimum atomic E-state index is 0.339. The highest BCUT2D eigenvalue weighted by Crippen LogP contribution is 2.35. The lowest BCUT2D eigenvalue weighted by Gasteiger charge is -2.25. The van der Waals surface area contributed by atoms with Crippen molar-refractivity contribution in [2.24, 2.45) is 0 Å². The number of benzene rings is 1. The van der Waals surface area contributed by atoms with Crippen molar-refractivity contribution in [1.82, 2.24) is 9.97 Å². The van der Waals surface area contributed by atoms with Crippen LogP contribution in [0, 0.1) is 13.8 Å². The van der Waals surface area contributed by atoms with E-state index < -0.39 is 0 Å². The predicted octanol–water partition coefficient (Wildman–Crippen LogP) is 3.99. The lowest BCUT2D eigenvalue weighted by molar-refractivity contribution is 0.588. The van der Waals surface area contributed by atoms with Crippen LogP contribution >= 0.6 is 0 Å². The van der Waals surface area contributed by atoms with Crippen molar-refractivity contribution in [2.75, 3.05) is 11.9 Å². The molecule has 0 bridgehead atoms. The van der Waals surface area contributed by atoms with E-state index in [1.807, 2.05) is 0 Å². The Hall–Kier alpha value is -1.90. The molecule has 1 N–H and O–H groups in total. The van der Waals surface area contributed by atoms with Crippen LogP contribution in [0.25, 0.3) is 0 Å². The molecule has 110 valence electrons. The molecular weight excluding hydrogens is 258 g/mol. The zero-order valence-electron chi connectivity index (χ0n) is 13.1. The molecule has 1 unspecified atom stereocenters. The Morgan fingerprint density at radius 1 is 1.19 bits per heavy atom. The van der Waals surface area contributed by atoms with E-state index in [0.717, 1.165) is 35.9 Å². The Bertz CT molecular complexity index is 649. The molecule has 1 atom stereocenters. The van der Waals surface area contributed by atoms with Crippen molar-refractivity contribution in [3.63, 3.8) is 0 Å². The van der Waals surface area contributed by atoms with Crippen molar-refractivity contribution >= 4 is 5.82 Å². The van der Waals surface area contributed by atoms with E-state index in [1.165, 1.54) is 24.0 Å². The van der Waals surface area contributed by atoms with Crippen molar-refractivity contribution in [2.45, 2.75) is 46.0 Å². The SMILES string of the molecule is CCNc1nc(C2CCCc3ccccc32)nc(C)c1C. The molecule has 3 rings (SSSR count). The fraction of sp³-hybridized carbons (Fsp3) is 0.444. The van der Waals surface area contributed by atoms with Crippen molar-refractivity contribution < 1.29 is 0 Å². The summed E-state index contributed by atoms with van der Waals surface area (Å²) in [4.78, 5) is 9.61. The predicted molar refractivity (Wildman–Crippen MR) is 86.9 cm³/mol. The minimum Gasteiger partial charge on any atom is -0.370 e. The Balaban J connectivity index is 2.05. The van der Waals surface area contributed by atoms with E-state index >= 15 is 0 Å². The molecule has 1 aliphatic rings. The number of aryl methyl sites for hydroxylation is 2. The maximum atomic E-state index is 4.82. The number of nitrogens with zero attached hydrogens (tertiary/aromatic N) is 2. The van der Waals surface area contributed by atoms with Gasteiger partial charge in [0.15, 0.2) is 0 Å². The molecule has 1 aliphatic carbocycles. The summed E-state index contributed by atoms with van der Waals surface area (Å²) in [5.74, 6) is 2.30. The molecule has 1 aromatic heterocycles. The van der Waals surface area contributed by atoms with Gasteiger partial charge in [-0.2, -0.15) is 0 Å². The molecule has 0 saturated heterocycles. The maximum absolute atomic E-state index is 4.82. The number of anilines is 1. The smallest absolute Gasteiger partial charge is 0.138 e. The number of rotatable bonds is 3. The molecule has 0 fully saturated rings. The molecule has 0 saturated carbocycles. The van der Waals surface area contributed by atoms with Crippen molar-refractivity contribution in [1.29, 1.82) is 0 Å². The van der Waals surface area contributed by atoms with Crippen molar-refractivity contribution in [3.05, 3.63) is 52.5 Å². The van der Waals surface area contributed by atoms with Gasteiger partial charge in [0.25, 0.3) is 0 Å². The molecule has 0 spiro atoms. The van der Waals surface area contributed by atoms with Crippen molar-refractivity contribution in [3.8, 4) is 0 Å². The van der Waals surface area contributed by atoms with Gasteiger partial charge in [-0.15, -0.1) is 0 Å². The lowest BCUT2D eigenvalue weighted by atomic mass is 9.82. The van der Waals surface area contributed by atoms with Crippen LogP contribution < -0.4 is 5.32 Å². The average Bonchev–Trinajstić information content (AvgIpc) is 2.51. The van der Waals surface area contributed by atoms with Crippen LogP contribution in [0.4, 0.5) is 5.82 Å². The van der Waals surface area contributed by atoms with Crippen LogP contribution in [0.1, 0.15) is 53.9 Å². The molecule has 0 aliphatic heterocycles. The van der Waals surface area contributed by atoms with Gasteiger partial charge in [0.2, 0.25) is 0 Å². The van der Waals surface area contributed by atoms with Gasteiger partial charge in [-0.1, -0.05) is 24.3 Å². The standard InChI is InChI=1S/C18H23N3/c1-4-19-17-12(2)13(3)20-18(21-17)16-11-7-9-14-8-5-6-10-15(14)16/h5-6,8,10,16H,4,7,9,11H2,1-3H3,(H,19,20,21). The third-order valence-electron chi connectivity index (χ3n) is 4.43. The molecule has 0 amide bonds. The van der Waals surface area contributed by atoms with E-state index in [-0.39, 0.29) is 0 Å². The monoisotopic (exact) mass is 281 g/mol. The van der Waals surface area contributed by atoms with Gasteiger partial charge < -0.3 is 5.32 Å². The largest absolute Gasteiger partial charge is 0.370 e.